The van der Waals surface area contributed by atoms with Gasteiger partial charge >= 0.3 is 0 Å². The Kier molecular flexibility index (Phi) is 8.33. The predicted molar refractivity (Wildman–Crippen MR) is 184 cm³/mol. The number of hydrogen-bond acceptors (Lipinski definition) is 4. The van der Waals surface area contributed by atoms with Crippen LogP contribution in [0.5, 0.6) is 11.5 Å². The van der Waals surface area contributed by atoms with Crippen molar-refractivity contribution in [3.05, 3.63) is 157 Å². The maximum absolute atomic E-state index is 5.41. The van der Waals surface area contributed by atoms with Crippen molar-refractivity contribution in [1.29, 1.82) is 0 Å². The first kappa shape index (κ1) is 28.6. The molecule has 0 N–H and O–H groups in total. The van der Waals surface area contributed by atoms with E-state index >= 15 is 0 Å². The van der Waals surface area contributed by atoms with E-state index in [-0.39, 0.29) is 0 Å². The molecule has 0 atom stereocenters. The Morgan fingerprint density at radius 3 is 0.977 bits per heavy atom. The van der Waals surface area contributed by atoms with Crippen molar-refractivity contribution in [1.82, 2.24) is 0 Å². The Morgan fingerprint density at radius 2 is 0.682 bits per heavy atom. The van der Waals surface area contributed by atoms with E-state index in [4.69, 9.17) is 9.47 Å². The topological polar surface area (TPSA) is 24.9 Å². The molecule has 0 radical (unpaired) electrons. The molecule has 0 aliphatic heterocycles. The summed E-state index contributed by atoms with van der Waals surface area (Å²) >= 11 is 0. The van der Waals surface area contributed by atoms with Gasteiger partial charge in [0, 0.05) is 34.1 Å². The summed E-state index contributed by atoms with van der Waals surface area (Å²) in [5.41, 5.74) is 11.3. The molecule has 0 amide bonds. The fourth-order valence-electron chi connectivity index (χ4n) is 5.50. The summed E-state index contributed by atoms with van der Waals surface area (Å²) in [6.45, 7) is 4.24. The molecular formula is C40H36N2O2. The van der Waals surface area contributed by atoms with Crippen LogP contribution >= 0.6 is 0 Å². The van der Waals surface area contributed by atoms with Crippen molar-refractivity contribution in [3.8, 4) is 22.6 Å². The van der Waals surface area contributed by atoms with Crippen LogP contribution in [0.4, 0.5) is 34.1 Å². The largest absolute Gasteiger partial charge is 0.497 e. The summed E-state index contributed by atoms with van der Waals surface area (Å²) in [4.78, 5) is 4.54. The predicted octanol–water partition coefficient (Wildman–Crippen LogP) is 10.9. The number of rotatable bonds is 9. The maximum atomic E-state index is 5.41. The second kappa shape index (κ2) is 12.8. The number of methoxy groups -OCH3 is 2. The second-order valence-electron chi connectivity index (χ2n) is 10.8. The van der Waals surface area contributed by atoms with Crippen LogP contribution in [-0.2, 0) is 0 Å². The van der Waals surface area contributed by atoms with Gasteiger partial charge in [0.15, 0.2) is 0 Å². The number of aryl methyl sites for hydroxylation is 2. The van der Waals surface area contributed by atoms with Gasteiger partial charge in [0.25, 0.3) is 0 Å². The third-order valence-electron chi connectivity index (χ3n) is 7.77. The molecule has 6 aromatic rings. The lowest BCUT2D eigenvalue weighted by Crippen LogP contribution is -2.10. The molecule has 6 aromatic carbocycles. The summed E-state index contributed by atoms with van der Waals surface area (Å²) in [5, 5.41) is 0. The summed E-state index contributed by atoms with van der Waals surface area (Å²) in [7, 11) is 3.38. The molecule has 218 valence electrons. The third kappa shape index (κ3) is 6.16. The van der Waals surface area contributed by atoms with Gasteiger partial charge in [-0.1, -0.05) is 48.5 Å². The Bertz CT molecular complexity index is 1690. The minimum Gasteiger partial charge on any atom is -0.497 e. The quantitative estimate of drug-likeness (QED) is 0.171. The van der Waals surface area contributed by atoms with Crippen LogP contribution in [0.3, 0.4) is 0 Å². The lowest BCUT2D eigenvalue weighted by molar-refractivity contribution is 0.414. The molecular weight excluding hydrogens is 540 g/mol. The van der Waals surface area contributed by atoms with E-state index in [0.717, 1.165) is 56.8 Å². The molecule has 0 spiro atoms. The minimum atomic E-state index is 0.838. The van der Waals surface area contributed by atoms with Crippen molar-refractivity contribution in [2.75, 3.05) is 24.0 Å². The van der Waals surface area contributed by atoms with Crippen molar-refractivity contribution in [2.45, 2.75) is 13.8 Å². The zero-order valence-corrected chi connectivity index (χ0v) is 25.6. The van der Waals surface area contributed by atoms with Crippen LogP contribution in [0, 0.1) is 13.8 Å². The van der Waals surface area contributed by atoms with Crippen molar-refractivity contribution in [3.63, 3.8) is 0 Å². The van der Waals surface area contributed by atoms with Gasteiger partial charge < -0.3 is 19.3 Å². The van der Waals surface area contributed by atoms with Gasteiger partial charge in [0.1, 0.15) is 11.5 Å². The van der Waals surface area contributed by atoms with Crippen LogP contribution < -0.4 is 19.3 Å². The number of anilines is 6. The monoisotopic (exact) mass is 576 g/mol. The zero-order valence-electron chi connectivity index (χ0n) is 25.6. The van der Waals surface area contributed by atoms with Crippen LogP contribution in [0.2, 0.25) is 0 Å². The molecule has 0 aliphatic carbocycles. The first-order chi connectivity index (χ1) is 21.5. The molecule has 6 rings (SSSR count). The lowest BCUT2D eigenvalue weighted by atomic mass is 10.0. The summed E-state index contributed by atoms with van der Waals surface area (Å²) in [6.07, 6.45) is 0. The van der Waals surface area contributed by atoms with Gasteiger partial charge in [-0.2, -0.15) is 0 Å². The van der Waals surface area contributed by atoms with Gasteiger partial charge in [0.2, 0.25) is 0 Å². The standard InChI is InChI=1S/C40H36N2O2/c1-29-7-5-9-37(27-29)41(35-19-23-39(43-3)24-20-35)33-15-11-31(12-16-33)32-13-17-34(18-14-32)42(38-10-6-8-30(2)28-38)36-21-25-40(44-4)26-22-36/h5-28H,1-4H3. The van der Waals surface area contributed by atoms with E-state index in [1.54, 1.807) is 14.2 Å². The van der Waals surface area contributed by atoms with Gasteiger partial charge in [0.05, 0.1) is 14.2 Å². The average molecular weight is 577 g/mol. The van der Waals surface area contributed by atoms with E-state index in [2.05, 4.69) is 145 Å². The zero-order chi connectivity index (χ0) is 30.5. The molecule has 4 heteroatoms. The number of benzene rings is 6. The molecule has 0 saturated heterocycles. The SMILES string of the molecule is COc1ccc(N(c2ccc(-c3ccc(N(c4ccc(OC)cc4)c4cccc(C)c4)cc3)cc2)c2cccc(C)c2)cc1. The Labute approximate surface area is 260 Å². The van der Waals surface area contributed by atoms with Gasteiger partial charge in [-0.15, -0.1) is 0 Å². The first-order valence-electron chi connectivity index (χ1n) is 14.7. The number of nitrogens with zero attached hydrogens (tertiary/aromatic N) is 2. The molecule has 0 heterocycles. The highest BCUT2D eigenvalue weighted by Gasteiger charge is 2.15. The van der Waals surface area contributed by atoms with E-state index in [9.17, 15) is 0 Å². The molecule has 44 heavy (non-hydrogen) atoms. The summed E-state index contributed by atoms with van der Waals surface area (Å²) in [6, 6.07) is 51.0. The smallest absolute Gasteiger partial charge is 0.119 e. The second-order valence-corrected chi connectivity index (χ2v) is 10.8. The average Bonchev–Trinajstić information content (AvgIpc) is 3.06. The molecule has 0 aromatic heterocycles. The first-order valence-corrected chi connectivity index (χ1v) is 14.7. The fraction of sp³-hybridized carbons (Fsp3) is 0.100. The highest BCUT2D eigenvalue weighted by Crippen LogP contribution is 2.39. The Hall–Kier alpha value is -5.48. The molecule has 0 saturated carbocycles. The summed E-state index contributed by atoms with van der Waals surface area (Å²) in [5.74, 6) is 1.68. The Morgan fingerprint density at radius 1 is 0.364 bits per heavy atom. The van der Waals surface area contributed by atoms with Crippen molar-refractivity contribution in [2.24, 2.45) is 0 Å². The van der Waals surface area contributed by atoms with Crippen molar-refractivity contribution >= 4 is 34.1 Å². The van der Waals surface area contributed by atoms with E-state index < -0.39 is 0 Å². The highest BCUT2D eigenvalue weighted by molar-refractivity contribution is 5.81. The van der Waals surface area contributed by atoms with E-state index in [0.29, 0.717) is 0 Å². The molecule has 0 fully saturated rings. The maximum Gasteiger partial charge on any atom is 0.119 e. The highest BCUT2D eigenvalue weighted by atomic mass is 16.5. The van der Waals surface area contributed by atoms with Gasteiger partial charge in [-0.05, 0) is 133 Å². The van der Waals surface area contributed by atoms with Gasteiger partial charge in [-0.25, -0.2) is 0 Å². The van der Waals surface area contributed by atoms with Crippen LogP contribution in [0.15, 0.2) is 146 Å². The molecule has 0 aliphatic rings. The van der Waals surface area contributed by atoms with Crippen LogP contribution in [0.25, 0.3) is 11.1 Å². The van der Waals surface area contributed by atoms with Gasteiger partial charge in [-0.3, -0.25) is 0 Å². The summed E-state index contributed by atoms with van der Waals surface area (Å²) < 4.78 is 10.8. The van der Waals surface area contributed by atoms with Crippen LogP contribution in [-0.4, -0.2) is 14.2 Å². The lowest BCUT2D eigenvalue weighted by Gasteiger charge is -2.26. The normalized spacial score (nSPS) is 10.7. The molecule has 0 bridgehead atoms. The molecule has 0 unspecified atom stereocenters. The van der Waals surface area contributed by atoms with Crippen molar-refractivity contribution < 1.29 is 9.47 Å². The van der Waals surface area contributed by atoms with E-state index in [1.165, 1.54) is 11.1 Å². The fourth-order valence-corrected chi connectivity index (χ4v) is 5.50. The van der Waals surface area contributed by atoms with Crippen LogP contribution in [0.1, 0.15) is 11.1 Å². The third-order valence-corrected chi connectivity index (χ3v) is 7.77. The number of ether oxygens (including phenoxy) is 2. The molecule has 4 nitrogen and oxygen atoms in total. The number of hydrogen-bond donors (Lipinski definition) is 0. The van der Waals surface area contributed by atoms with E-state index in [1.807, 2.05) is 24.3 Å². The Balaban J connectivity index is 1.32. The minimum absolute atomic E-state index is 0.838.